The van der Waals surface area contributed by atoms with E-state index in [0.29, 0.717) is 11.0 Å². The van der Waals surface area contributed by atoms with Crippen LogP contribution in [-0.4, -0.2) is 34.3 Å². The molecule has 1 saturated carbocycles. The fourth-order valence-corrected chi connectivity index (χ4v) is 2.44. The van der Waals surface area contributed by atoms with Crippen LogP contribution >= 0.6 is 12.2 Å². The summed E-state index contributed by atoms with van der Waals surface area (Å²) in [5, 5.41) is 9.02. The van der Waals surface area contributed by atoms with Crippen molar-refractivity contribution in [3.8, 4) is 0 Å². The zero-order valence-electron chi connectivity index (χ0n) is 10.4. The number of nitrogens with zero attached hydrogens (tertiary/aromatic N) is 2. The maximum Gasteiger partial charge on any atom is 0.106 e. The maximum absolute atomic E-state index is 9.02. The third kappa shape index (κ3) is 2.79. The summed E-state index contributed by atoms with van der Waals surface area (Å²) in [6.45, 7) is 1.02. The van der Waals surface area contributed by atoms with Crippen LogP contribution in [-0.2, 0) is 0 Å². The lowest BCUT2D eigenvalue weighted by atomic mass is 9.90. The van der Waals surface area contributed by atoms with Gasteiger partial charge in [0.15, 0.2) is 0 Å². The molecular formula is C13H19N3OS. The van der Waals surface area contributed by atoms with E-state index in [9.17, 15) is 0 Å². The molecule has 1 fully saturated rings. The van der Waals surface area contributed by atoms with Crippen molar-refractivity contribution in [1.29, 1.82) is 0 Å². The Labute approximate surface area is 113 Å². The molecule has 0 spiro atoms. The number of aliphatic hydroxyl groups is 1. The van der Waals surface area contributed by atoms with Gasteiger partial charge in [-0.3, -0.25) is 4.98 Å². The molecule has 1 aliphatic rings. The molecule has 0 aromatic carbocycles. The van der Waals surface area contributed by atoms with Crippen LogP contribution < -0.4 is 10.6 Å². The van der Waals surface area contributed by atoms with E-state index in [1.54, 1.807) is 6.20 Å². The first-order valence-corrected chi connectivity index (χ1v) is 6.76. The summed E-state index contributed by atoms with van der Waals surface area (Å²) in [5.41, 5.74) is 7.65. The highest BCUT2D eigenvalue weighted by molar-refractivity contribution is 7.80. The topological polar surface area (TPSA) is 62.4 Å². The predicted octanol–water partition coefficient (Wildman–Crippen LogP) is 1.46. The lowest BCUT2D eigenvalue weighted by Gasteiger charge is -2.40. The van der Waals surface area contributed by atoms with E-state index < -0.39 is 0 Å². The van der Waals surface area contributed by atoms with Crippen molar-refractivity contribution < 1.29 is 5.11 Å². The minimum absolute atomic E-state index is 0.200. The number of aliphatic hydroxyl groups excluding tert-OH is 1. The standard InChI is InChI=1S/C13H19N3OS/c14-13(18)11-5-6-15-9-12(11)16(7-2-8-17)10-3-1-4-10/h5-6,9-10,17H,1-4,7-8H2,(H2,14,18). The lowest BCUT2D eigenvalue weighted by molar-refractivity contribution is 0.283. The van der Waals surface area contributed by atoms with Crippen molar-refractivity contribution >= 4 is 22.9 Å². The van der Waals surface area contributed by atoms with E-state index in [2.05, 4.69) is 9.88 Å². The van der Waals surface area contributed by atoms with Gasteiger partial charge in [-0.15, -0.1) is 0 Å². The molecule has 1 aliphatic carbocycles. The molecule has 0 saturated heterocycles. The van der Waals surface area contributed by atoms with Crippen LogP contribution in [0.3, 0.4) is 0 Å². The van der Waals surface area contributed by atoms with Crippen LogP contribution in [0.2, 0.25) is 0 Å². The third-order valence-corrected chi connectivity index (χ3v) is 3.67. The van der Waals surface area contributed by atoms with Crippen LogP contribution in [0.25, 0.3) is 0 Å². The van der Waals surface area contributed by atoms with Crippen LogP contribution in [0.4, 0.5) is 5.69 Å². The van der Waals surface area contributed by atoms with Gasteiger partial charge in [0, 0.05) is 31.0 Å². The van der Waals surface area contributed by atoms with Crippen molar-refractivity contribution in [1.82, 2.24) is 4.98 Å². The van der Waals surface area contributed by atoms with E-state index >= 15 is 0 Å². The lowest BCUT2D eigenvalue weighted by Crippen LogP contribution is -2.42. The van der Waals surface area contributed by atoms with Crippen LogP contribution in [0.1, 0.15) is 31.2 Å². The van der Waals surface area contributed by atoms with E-state index in [0.717, 1.165) is 24.2 Å². The Morgan fingerprint density at radius 1 is 1.56 bits per heavy atom. The molecule has 1 heterocycles. The van der Waals surface area contributed by atoms with Gasteiger partial charge in [-0.2, -0.15) is 0 Å². The normalized spacial score (nSPS) is 15.2. The molecule has 3 N–H and O–H groups in total. The molecule has 0 aliphatic heterocycles. The van der Waals surface area contributed by atoms with Gasteiger partial charge in [0.25, 0.3) is 0 Å². The van der Waals surface area contributed by atoms with Gasteiger partial charge in [-0.1, -0.05) is 12.2 Å². The monoisotopic (exact) mass is 265 g/mol. The average Bonchev–Trinajstić information content (AvgIpc) is 2.32. The van der Waals surface area contributed by atoms with E-state index in [4.69, 9.17) is 23.1 Å². The molecule has 4 nitrogen and oxygen atoms in total. The summed E-state index contributed by atoms with van der Waals surface area (Å²) in [5.74, 6) is 0. The van der Waals surface area contributed by atoms with Gasteiger partial charge in [0.2, 0.25) is 0 Å². The summed E-state index contributed by atoms with van der Waals surface area (Å²) in [4.78, 5) is 6.87. The largest absolute Gasteiger partial charge is 0.396 e. The van der Waals surface area contributed by atoms with Crippen LogP contribution in [0.15, 0.2) is 18.5 Å². The Kier molecular flexibility index (Phi) is 4.49. The molecule has 0 unspecified atom stereocenters. The second-order valence-corrected chi connectivity index (χ2v) is 5.05. The summed E-state index contributed by atoms with van der Waals surface area (Å²) in [6, 6.07) is 2.40. The molecule has 2 rings (SSSR count). The van der Waals surface area contributed by atoms with Gasteiger partial charge in [0.1, 0.15) is 4.99 Å². The summed E-state index contributed by atoms with van der Waals surface area (Å²) >= 11 is 5.10. The van der Waals surface area contributed by atoms with Gasteiger partial charge in [-0.05, 0) is 31.7 Å². The van der Waals surface area contributed by atoms with E-state index in [1.807, 2.05) is 12.3 Å². The molecule has 98 valence electrons. The summed E-state index contributed by atoms with van der Waals surface area (Å²) in [6.07, 6.45) is 7.94. The Morgan fingerprint density at radius 3 is 2.89 bits per heavy atom. The quantitative estimate of drug-likeness (QED) is 0.762. The average molecular weight is 265 g/mol. The zero-order chi connectivity index (χ0) is 13.0. The fraction of sp³-hybridized carbons (Fsp3) is 0.538. The van der Waals surface area contributed by atoms with E-state index in [1.165, 1.54) is 19.3 Å². The Hall–Kier alpha value is -1.20. The number of aromatic nitrogens is 1. The van der Waals surface area contributed by atoms with Gasteiger partial charge >= 0.3 is 0 Å². The number of hydrogen-bond donors (Lipinski definition) is 2. The minimum atomic E-state index is 0.200. The number of rotatable bonds is 6. The van der Waals surface area contributed by atoms with Crippen LogP contribution in [0.5, 0.6) is 0 Å². The number of hydrogen-bond acceptors (Lipinski definition) is 4. The highest BCUT2D eigenvalue weighted by Gasteiger charge is 2.26. The second-order valence-electron chi connectivity index (χ2n) is 4.61. The first-order chi connectivity index (χ1) is 8.74. The Bertz CT molecular complexity index is 420. The number of nitrogens with two attached hydrogens (primary N) is 1. The molecular weight excluding hydrogens is 246 g/mol. The van der Waals surface area contributed by atoms with Crippen molar-refractivity contribution in [2.75, 3.05) is 18.1 Å². The van der Waals surface area contributed by atoms with Crippen molar-refractivity contribution in [2.24, 2.45) is 5.73 Å². The summed E-state index contributed by atoms with van der Waals surface area (Å²) in [7, 11) is 0. The van der Waals surface area contributed by atoms with Crippen molar-refractivity contribution in [3.05, 3.63) is 24.0 Å². The first-order valence-electron chi connectivity index (χ1n) is 6.35. The smallest absolute Gasteiger partial charge is 0.106 e. The van der Waals surface area contributed by atoms with Gasteiger partial charge in [-0.25, -0.2) is 0 Å². The van der Waals surface area contributed by atoms with Gasteiger partial charge in [0.05, 0.1) is 11.9 Å². The molecule has 0 bridgehead atoms. The fourth-order valence-electron chi connectivity index (χ4n) is 2.26. The minimum Gasteiger partial charge on any atom is -0.396 e. The highest BCUT2D eigenvalue weighted by atomic mass is 32.1. The molecule has 0 amide bonds. The Morgan fingerprint density at radius 2 is 2.33 bits per heavy atom. The number of pyridine rings is 1. The highest BCUT2D eigenvalue weighted by Crippen LogP contribution is 2.31. The number of anilines is 1. The molecule has 18 heavy (non-hydrogen) atoms. The van der Waals surface area contributed by atoms with Crippen molar-refractivity contribution in [3.63, 3.8) is 0 Å². The summed E-state index contributed by atoms with van der Waals surface area (Å²) < 4.78 is 0. The maximum atomic E-state index is 9.02. The van der Waals surface area contributed by atoms with E-state index in [-0.39, 0.29) is 6.61 Å². The third-order valence-electron chi connectivity index (χ3n) is 3.45. The SMILES string of the molecule is NC(=S)c1ccncc1N(CCCO)C1CCC1. The molecule has 1 aromatic rings. The van der Waals surface area contributed by atoms with Crippen molar-refractivity contribution in [2.45, 2.75) is 31.7 Å². The molecule has 0 atom stereocenters. The second kappa shape index (κ2) is 6.11. The zero-order valence-corrected chi connectivity index (χ0v) is 11.2. The Balaban J connectivity index is 2.25. The van der Waals surface area contributed by atoms with Gasteiger partial charge < -0.3 is 15.7 Å². The predicted molar refractivity (Wildman–Crippen MR) is 76.8 cm³/mol. The van der Waals surface area contributed by atoms with Crippen LogP contribution in [0, 0.1) is 0 Å². The molecule has 5 heteroatoms. The molecule has 1 aromatic heterocycles. The first kappa shape index (κ1) is 13.2. The molecule has 0 radical (unpaired) electrons. The number of thiocarbonyl (C=S) groups is 1.